The molecule has 4 heterocycles. The van der Waals surface area contributed by atoms with Gasteiger partial charge >= 0.3 is 18.0 Å². The van der Waals surface area contributed by atoms with E-state index < -0.39 is 83.7 Å². The number of amides is 1. The number of halogens is 1. The van der Waals surface area contributed by atoms with Crippen molar-refractivity contribution >= 4 is 41.1 Å². The number of nitrogens with one attached hydrogen (secondary N) is 1. The summed E-state index contributed by atoms with van der Waals surface area (Å²) < 4.78 is 44.5. The molecule has 0 spiro atoms. The van der Waals surface area contributed by atoms with Gasteiger partial charge in [0.1, 0.15) is 17.6 Å². The number of hydrogen-bond acceptors (Lipinski definition) is 14. The van der Waals surface area contributed by atoms with Crippen LogP contribution in [-0.2, 0) is 47.5 Å². The average molecular weight is 808 g/mol. The molecule has 4 saturated heterocycles. The molecule has 56 heavy (non-hydrogen) atoms. The first kappa shape index (κ1) is 43.8. The molecule has 4 aliphatic heterocycles. The Morgan fingerprint density at radius 3 is 2.38 bits per heavy atom. The van der Waals surface area contributed by atoms with E-state index in [1.807, 2.05) is 46.7 Å². The molecule has 312 valence electrons. The largest absolute Gasteiger partial charge is 0.458 e. The monoisotopic (exact) mass is 807 g/mol. The third-order valence-corrected chi connectivity index (χ3v) is 11.9. The Morgan fingerprint density at radius 2 is 1.73 bits per heavy atom. The summed E-state index contributed by atoms with van der Waals surface area (Å²) in [5, 5.41) is 7.74. The van der Waals surface area contributed by atoms with E-state index in [2.05, 4.69) is 10.5 Å². The summed E-state index contributed by atoms with van der Waals surface area (Å²) in [6, 6.07) is 5.65. The lowest BCUT2D eigenvalue weighted by molar-refractivity contribution is -0.296. The van der Waals surface area contributed by atoms with Crippen molar-refractivity contribution in [2.75, 3.05) is 27.3 Å². The number of hydrogen-bond donors (Lipinski definition) is 1. The fourth-order valence-electron chi connectivity index (χ4n) is 8.41. The van der Waals surface area contributed by atoms with Crippen LogP contribution >= 0.6 is 11.6 Å². The minimum absolute atomic E-state index is 0.0788. The Balaban J connectivity index is 1.61. The number of benzene rings is 1. The Hall–Kier alpha value is -3.34. The summed E-state index contributed by atoms with van der Waals surface area (Å²) in [5.74, 6) is -3.09. The summed E-state index contributed by atoms with van der Waals surface area (Å²) in [4.78, 5) is 61.7. The number of esters is 2. The van der Waals surface area contributed by atoms with Gasteiger partial charge in [-0.15, -0.1) is 0 Å². The molecule has 15 nitrogen and oxygen atoms in total. The molecule has 0 aliphatic carbocycles. The van der Waals surface area contributed by atoms with Crippen LogP contribution in [-0.4, -0.2) is 122 Å². The standard InChI is InChI=1S/C40H58ClN3O12/c1-11-31-40(8)35(42-38(48)55-40)24(5)33(46)21(2)18-39(7)32(54-37-34(52-25(6)45)29(44(9)10)16-22(3)51-37)17-30(23(4)36(47)53-31)49-19-27(20-50-39)43-56-28-14-12-26(41)13-15-28/h12-15,21-24,29-32,34-35,37H,11,16-20H2,1-10H3,(H,42,48)/b43-27+/t21-,22-,23-,24+,29+,30-,31-,32-,34-,35?,37?,39+,40?/m1/s1. The highest BCUT2D eigenvalue weighted by Gasteiger charge is 2.57. The molecule has 1 amide bonds. The first-order chi connectivity index (χ1) is 26.3. The van der Waals surface area contributed by atoms with Crippen molar-refractivity contribution in [1.29, 1.82) is 0 Å². The van der Waals surface area contributed by atoms with Crippen molar-refractivity contribution in [1.82, 2.24) is 10.2 Å². The predicted octanol–water partition coefficient (Wildman–Crippen LogP) is 5.09. The zero-order valence-corrected chi connectivity index (χ0v) is 34.8. The van der Waals surface area contributed by atoms with Crippen molar-refractivity contribution in [3.05, 3.63) is 29.3 Å². The molecular weight excluding hydrogens is 750 g/mol. The topological polar surface area (TPSA) is 170 Å². The van der Waals surface area contributed by atoms with Gasteiger partial charge in [-0.25, -0.2) is 4.79 Å². The lowest BCUT2D eigenvalue weighted by Crippen LogP contribution is -2.59. The predicted molar refractivity (Wildman–Crippen MR) is 204 cm³/mol. The molecule has 4 aliphatic rings. The summed E-state index contributed by atoms with van der Waals surface area (Å²) in [6.07, 6.45) is -4.36. The minimum atomic E-state index is -1.33. The molecule has 13 atom stereocenters. The number of alkyl carbamates (subject to hydrolysis) is 1. The van der Waals surface area contributed by atoms with Crippen molar-refractivity contribution in [2.24, 2.45) is 22.9 Å². The van der Waals surface area contributed by atoms with Crippen LogP contribution in [0.3, 0.4) is 0 Å². The van der Waals surface area contributed by atoms with E-state index in [1.165, 1.54) is 6.92 Å². The molecule has 16 heteroatoms. The first-order valence-electron chi connectivity index (χ1n) is 19.5. The molecule has 1 aromatic rings. The maximum Gasteiger partial charge on any atom is 0.408 e. The molecule has 0 saturated carbocycles. The average Bonchev–Trinajstić information content (AvgIpc) is 3.48. The second-order valence-corrected chi connectivity index (χ2v) is 16.7. The third-order valence-electron chi connectivity index (χ3n) is 11.7. The maximum atomic E-state index is 14.5. The molecule has 5 rings (SSSR count). The van der Waals surface area contributed by atoms with Gasteiger partial charge < -0.3 is 48.2 Å². The molecule has 3 unspecified atom stereocenters. The van der Waals surface area contributed by atoms with E-state index in [9.17, 15) is 19.2 Å². The van der Waals surface area contributed by atoms with Crippen LogP contribution in [0.5, 0.6) is 5.75 Å². The summed E-state index contributed by atoms with van der Waals surface area (Å²) in [5.41, 5.74) is -2.23. The quantitative estimate of drug-likeness (QED) is 0.220. The second kappa shape index (κ2) is 18.1. The van der Waals surface area contributed by atoms with Gasteiger partial charge in [0, 0.05) is 30.2 Å². The van der Waals surface area contributed by atoms with Gasteiger partial charge in [-0.3, -0.25) is 14.4 Å². The molecule has 4 fully saturated rings. The van der Waals surface area contributed by atoms with Crippen molar-refractivity contribution < 1.29 is 57.2 Å². The van der Waals surface area contributed by atoms with Gasteiger partial charge in [0.05, 0.1) is 55.1 Å². The number of rotatable bonds is 7. The highest BCUT2D eigenvalue weighted by Crippen LogP contribution is 2.41. The fraction of sp³-hybridized carbons (Fsp3) is 0.725. The number of likely N-dealkylation sites (N-methyl/N-ethyl adjacent to an activating group) is 1. The van der Waals surface area contributed by atoms with Crippen LogP contribution in [0.1, 0.15) is 81.1 Å². The number of nitrogens with zero attached hydrogens (tertiary/aromatic N) is 2. The van der Waals surface area contributed by atoms with Crippen LogP contribution < -0.4 is 10.2 Å². The molecule has 0 aromatic heterocycles. The summed E-state index contributed by atoms with van der Waals surface area (Å²) >= 11 is 6.07. The number of cyclic esters (lactones) is 1. The third kappa shape index (κ3) is 9.84. The Labute approximate surface area is 334 Å². The molecular formula is C40H58ClN3O12. The van der Waals surface area contributed by atoms with Crippen LogP contribution in [0.15, 0.2) is 29.4 Å². The summed E-state index contributed by atoms with van der Waals surface area (Å²) in [6.45, 7) is 13.7. The van der Waals surface area contributed by atoms with Crippen molar-refractivity contribution in [2.45, 2.75) is 141 Å². The lowest BCUT2D eigenvalue weighted by Gasteiger charge is -2.47. The van der Waals surface area contributed by atoms with E-state index in [0.717, 1.165) is 0 Å². The smallest absolute Gasteiger partial charge is 0.408 e. The summed E-state index contributed by atoms with van der Waals surface area (Å²) in [7, 11) is 3.80. The first-order valence-corrected chi connectivity index (χ1v) is 19.8. The van der Waals surface area contributed by atoms with Crippen LogP contribution in [0.4, 0.5) is 4.79 Å². The van der Waals surface area contributed by atoms with Gasteiger partial charge in [0.2, 0.25) is 0 Å². The van der Waals surface area contributed by atoms with Crippen molar-refractivity contribution in [3.8, 4) is 5.75 Å². The highest BCUT2D eigenvalue weighted by molar-refractivity contribution is 6.30. The molecule has 1 N–H and O–H groups in total. The van der Waals surface area contributed by atoms with E-state index in [0.29, 0.717) is 29.3 Å². The molecule has 0 radical (unpaired) electrons. The number of fused-ring (bicyclic) bond motifs is 4. The Bertz CT molecular complexity index is 1610. The van der Waals surface area contributed by atoms with Gasteiger partial charge in [-0.2, -0.15) is 0 Å². The van der Waals surface area contributed by atoms with E-state index in [4.69, 9.17) is 49.6 Å². The van der Waals surface area contributed by atoms with Crippen LogP contribution in [0, 0.1) is 17.8 Å². The fourth-order valence-corrected chi connectivity index (χ4v) is 8.54. The highest BCUT2D eigenvalue weighted by atomic mass is 35.5. The lowest BCUT2D eigenvalue weighted by atomic mass is 9.75. The Morgan fingerprint density at radius 1 is 1.04 bits per heavy atom. The number of ketones is 1. The number of oxime groups is 1. The number of Topliss-reactive ketones (excluding diaryl/α,β-unsaturated/α-hetero) is 1. The molecule has 2 bridgehead atoms. The van der Waals surface area contributed by atoms with E-state index >= 15 is 0 Å². The number of ether oxygens (including phenoxy) is 7. The SMILES string of the molecule is CC[C@H]1OC(=O)[C@H](C)[C@H]2C[C@@H](OC3O[C@H](C)C[C@H](N(C)C)[C@H]3OC(C)=O)[C@](C)(C[C@@H](C)C(=O)[C@H](C)C3NC(=O)OC31C)OC/C(=N/Oc1ccc(Cl)cc1)CO2. The number of carbonyl (C=O) groups is 4. The Kier molecular flexibility index (Phi) is 14.1. The van der Waals surface area contributed by atoms with Gasteiger partial charge in [-0.1, -0.05) is 37.5 Å². The van der Waals surface area contributed by atoms with Crippen LogP contribution in [0.25, 0.3) is 0 Å². The zero-order valence-electron chi connectivity index (χ0n) is 34.1. The minimum Gasteiger partial charge on any atom is -0.458 e. The molecule has 1 aromatic carbocycles. The van der Waals surface area contributed by atoms with Gasteiger partial charge in [0.25, 0.3) is 0 Å². The normalized spacial score (nSPS) is 39.3. The van der Waals surface area contributed by atoms with Gasteiger partial charge in [-0.05, 0) is 85.3 Å². The maximum absolute atomic E-state index is 14.5. The van der Waals surface area contributed by atoms with Crippen molar-refractivity contribution in [3.63, 3.8) is 0 Å². The zero-order chi connectivity index (χ0) is 41.1. The van der Waals surface area contributed by atoms with E-state index in [-0.39, 0.29) is 44.0 Å². The van der Waals surface area contributed by atoms with E-state index in [1.54, 1.807) is 45.0 Å². The number of carbonyl (C=O) groups excluding carboxylic acids is 4. The van der Waals surface area contributed by atoms with Crippen LogP contribution in [0.2, 0.25) is 5.02 Å². The van der Waals surface area contributed by atoms with Gasteiger partial charge in [0.15, 0.2) is 23.7 Å². The second-order valence-electron chi connectivity index (χ2n) is 16.3.